The van der Waals surface area contributed by atoms with E-state index in [1.807, 2.05) is 19.9 Å². The summed E-state index contributed by atoms with van der Waals surface area (Å²) in [5, 5.41) is 3.21. The molecule has 1 N–H and O–H groups in total. The van der Waals surface area contributed by atoms with E-state index < -0.39 is 0 Å². The number of piperazine rings is 1. The Bertz CT molecular complexity index is 742. The third-order valence-corrected chi connectivity index (χ3v) is 4.16. The van der Waals surface area contributed by atoms with Crippen LogP contribution in [0.3, 0.4) is 0 Å². The Kier molecular flexibility index (Phi) is 5.11. The van der Waals surface area contributed by atoms with E-state index in [9.17, 15) is 9.18 Å². The zero-order valence-corrected chi connectivity index (χ0v) is 14.5. The monoisotopic (exact) mass is 343 g/mol. The minimum Gasteiger partial charge on any atom is -0.370 e. The van der Waals surface area contributed by atoms with Gasteiger partial charge in [0.05, 0.1) is 0 Å². The zero-order chi connectivity index (χ0) is 17.8. The van der Waals surface area contributed by atoms with Gasteiger partial charge in [0.15, 0.2) is 0 Å². The molecule has 0 spiro atoms. The number of aromatic nitrogens is 2. The molecule has 1 aromatic heterocycles. The number of rotatable bonds is 4. The summed E-state index contributed by atoms with van der Waals surface area (Å²) in [6.07, 6.45) is 0. The standard InChI is InChI=1S/C18H22FN5O/c1-3-20-16-12-17(22-13(2)21-16)23-8-10-24(11-9-23)18(25)14-4-6-15(19)7-5-14/h4-7,12H,3,8-11H2,1-2H3,(H,20,21,22). The normalized spacial score (nSPS) is 14.5. The first-order chi connectivity index (χ1) is 12.1. The van der Waals surface area contributed by atoms with E-state index in [-0.39, 0.29) is 11.7 Å². The molecule has 132 valence electrons. The lowest BCUT2D eigenvalue weighted by atomic mass is 10.2. The van der Waals surface area contributed by atoms with Crippen LogP contribution in [0.1, 0.15) is 23.1 Å². The van der Waals surface area contributed by atoms with Crippen molar-refractivity contribution in [3.63, 3.8) is 0 Å². The van der Waals surface area contributed by atoms with Crippen LogP contribution in [0, 0.1) is 12.7 Å². The summed E-state index contributed by atoms with van der Waals surface area (Å²) < 4.78 is 13.0. The van der Waals surface area contributed by atoms with Crippen molar-refractivity contribution >= 4 is 17.5 Å². The first kappa shape index (κ1) is 17.1. The number of amides is 1. The molecule has 2 heterocycles. The lowest BCUT2D eigenvalue weighted by Gasteiger charge is -2.35. The molecule has 1 amide bonds. The smallest absolute Gasteiger partial charge is 0.253 e. The third kappa shape index (κ3) is 4.04. The van der Waals surface area contributed by atoms with E-state index in [1.165, 1.54) is 24.3 Å². The average molecular weight is 343 g/mol. The maximum absolute atomic E-state index is 13.0. The van der Waals surface area contributed by atoms with Crippen LogP contribution in [-0.4, -0.2) is 53.5 Å². The van der Waals surface area contributed by atoms with Gasteiger partial charge in [0, 0.05) is 44.4 Å². The number of nitrogens with one attached hydrogen (secondary N) is 1. The Hall–Kier alpha value is -2.70. The van der Waals surface area contributed by atoms with Gasteiger partial charge in [0.1, 0.15) is 23.3 Å². The second-order valence-corrected chi connectivity index (χ2v) is 5.98. The van der Waals surface area contributed by atoms with Crippen molar-refractivity contribution in [3.8, 4) is 0 Å². The van der Waals surface area contributed by atoms with Crippen molar-refractivity contribution in [2.24, 2.45) is 0 Å². The van der Waals surface area contributed by atoms with Crippen LogP contribution in [0.25, 0.3) is 0 Å². The molecule has 1 aliphatic heterocycles. The number of carbonyl (C=O) groups excluding carboxylic acids is 1. The Balaban J connectivity index is 1.65. The van der Waals surface area contributed by atoms with E-state index in [0.29, 0.717) is 31.7 Å². The molecule has 0 bridgehead atoms. The quantitative estimate of drug-likeness (QED) is 0.923. The van der Waals surface area contributed by atoms with Gasteiger partial charge >= 0.3 is 0 Å². The molecule has 0 aliphatic carbocycles. The van der Waals surface area contributed by atoms with E-state index in [2.05, 4.69) is 20.2 Å². The zero-order valence-electron chi connectivity index (χ0n) is 14.5. The molecule has 0 unspecified atom stereocenters. The van der Waals surface area contributed by atoms with Gasteiger partial charge < -0.3 is 15.1 Å². The molecule has 1 fully saturated rings. The summed E-state index contributed by atoms with van der Waals surface area (Å²) in [4.78, 5) is 25.3. The fraction of sp³-hybridized carbons (Fsp3) is 0.389. The Labute approximate surface area is 146 Å². The van der Waals surface area contributed by atoms with Gasteiger partial charge in [-0.2, -0.15) is 0 Å². The first-order valence-electron chi connectivity index (χ1n) is 8.46. The van der Waals surface area contributed by atoms with Crippen LogP contribution in [0.2, 0.25) is 0 Å². The molecule has 1 aromatic carbocycles. The van der Waals surface area contributed by atoms with E-state index >= 15 is 0 Å². The van der Waals surface area contributed by atoms with Crippen molar-refractivity contribution < 1.29 is 9.18 Å². The van der Waals surface area contributed by atoms with Crippen molar-refractivity contribution in [2.75, 3.05) is 42.9 Å². The molecule has 1 saturated heterocycles. The molecule has 3 rings (SSSR count). The van der Waals surface area contributed by atoms with Crippen molar-refractivity contribution in [3.05, 3.63) is 47.5 Å². The Morgan fingerprint density at radius 2 is 1.84 bits per heavy atom. The van der Waals surface area contributed by atoms with Crippen molar-refractivity contribution in [1.82, 2.24) is 14.9 Å². The van der Waals surface area contributed by atoms with Crippen molar-refractivity contribution in [2.45, 2.75) is 13.8 Å². The van der Waals surface area contributed by atoms with Gasteiger partial charge in [0.25, 0.3) is 5.91 Å². The average Bonchev–Trinajstić information content (AvgIpc) is 2.62. The molecule has 7 heteroatoms. The predicted octanol–water partition coefficient (Wildman–Crippen LogP) is 2.32. The van der Waals surface area contributed by atoms with Gasteiger partial charge in [-0.05, 0) is 38.1 Å². The number of carbonyl (C=O) groups is 1. The highest BCUT2D eigenvalue weighted by atomic mass is 19.1. The summed E-state index contributed by atoms with van der Waals surface area (Å²) in [5.41, 5.74) is 0.516. The number of anilines is 2. The van der Waals surface area contributed by atoms with Crippen LogP contribution in [0.5, 0.6) is 0 Å². The number of hydrogen-bond donors (Lipinski definition) is 1. The molecule has 0 saturated carbocycles. The number of aryl methyl sites for hydroxylation is 1. The largest absolute Gasteiger partial charge is 0.370 e. The fourth-order valence-corrected chi connectivity index (χ4v) is 2.90. The van der Waals surface area contributed by atoms with Crippen LogP contribution in [0.15, 0.2) is 30.3 Å². The minimum absolute atomic E-state index is 0.0631. The summed E-state index contributed by atoms with van der Waals surface area (Å²) in [5.74, 6) is 2.01. The SMILES string of the molecule is CCNc1cc(N2CCN(C(=O)c3ccc(F)cc3)CC2)nc(C)n1. The number of benzene rings is 1. The fourth-order valence-electron chi connectivity index (χ4n) is 2.90. The maximum Gasteiger partial charge on any atom is 0.253 e. The molecule has 25 heavy (non-hydrogen) atoms. The molecule has 2 aromatic rings. The van der Waals surface area contributed by atoms with Crippen molar-refractivity contribution in [1.29, 1.82) is 0 Å². The molecule has 1 aliphatic rings. The summed E-state index contributed by atoms with van der Waals surface area (Å²) >= 11 is 0. The lowest BCUT2D eigenvalue weighted by Crippen LogP contribution is -2.49. The first-order valence-corrected chi connectivity index (χ1v) is 8.46. The number of hydrogen-bond acceptors (Lipinski definition) is 5. The molecule has 6 nitrogen and oxygen atoms in total. The Morgan fingerprint density at radius 3 is 2.48 bits per heavy atom. The third-order valence-electron chi connectivity index (χ3n) is 4.16. The topological polar surface area (TPSA) is 61.4 Å². The molecular weight excluding hydrogens is 321 g/mol. The second kappa shape index (κ2) is 7.46. The van der Waals surface area contributed by atoms with Gasteiger partial charge in [-0.25, -0.2) is 14.4 Å². The van der Waals surface area contributed by atoms with Crippen LogP contribution >= 0.6 is 0 Å². The molecule has 0 atom stereocenters. The molecular formula is C18H22FN5O. The van der Waals surface area contributed by atoms with Gasteiger partial charge in [0.2, 0.25) is 0 Å². The van der Waals surface area contributed by atoms with E-state index in [4.69, 9.17) is 0 Å². The second-order valence-electron chi connectivity index (χ2n) is 5.98. The van der Waals surface area contributed by atoms with Crippen LogP contribution < -0.4 is 10.2 Å². The number of nitrogens with zero attached hydrogens (tertiary/aromatic N) is 4. The summed E-state index contributed by atoms with van der Waals surface area (Å²) in [6.45, 7) is 7.32. The summed E-state index contributed by atoms with van der Waals surface area (Å²) in [7, 11) is 0. The highest BCUT2D eigenvalue weighted by Gasteiger charge is 2.23. The van der Waals surface area contributed by atoms with Gasteiger partial charge in [-0.15, -0.1) is 0 Å². The van der Waals surface area contributed by atoms with Gasteiger partial charge in [-0.3, -0.25) is 4.79 Å². The predicted molar refractivity (Wildman–Crippen MR) is 95.4 cm³/mol. The highest BCUT2D eigenvalue weighted by molar-refractivity contribution is 5.94. The minimum atomic E-state index is -0.336. The molecule has 0 radical (unpaired) electrons. The van der Waals surface area contributed by atoms with E-state index in [0.717, 1.165) is 24.0 Å². The maximum atomic E-state index is 13.0. The Morgan fingerprint density at radius 1 is 1.16 bits per heavy atom. The van der Waals surface area contributed by atoms with E-state index in [1.54, 1.807) is 4.90 Å². The van der Waals surface area contributed by atoms with Crippen LogP contribution in [0.4, 0.5) is 16.0 Å². The highest BCUT2D eigenvalue weighted by Crippen LogP contribution is 2.18. The lowest BCUT2D eigenvalue weighted by molar-refractivity contribution is 0.0746. The van der Waals surface area contributed by atoms with Crippen LogP contribution in [-0.2, 0) is 0 Å². The van der Waals surface area contributed by atoms with Gasteiger partial charge in [-0.1, -0.05) is 0 Å². The summed E-state index contributed by atoms with van der Waals surface area (Å²) in [6, 6.07) is 7.62. The number of halogens is 1.